The second-order valence-electron chi connectivity index (χ2n) is 3.18. The molecule has 0 atom stereocenters. The third kappa shape index (κ3) is 2.76. The summed E-state index contributed by atoms with van der Waals surface area (Å²) in [6, 6.07) is -0.469. The number of carbonyl (C=O) groups is 1. The van der Waals surface area contributed by atoms with Gasteiger partial charge in [0.2, 0.25) is 0 Å². The summed E-state index contributed by atoms with van der Waals surface area (Å²) < 4.78 is 0. The van der Waals surface area contributed by atoms with E-state index in [0.29, 0.717) is 6.42 Å². The standard InChI is InChI=1S/C7H16N2O2/c1-7(2,4-5-10)9(3)6(8)11/h10H,4-5H2,1-3H3,(H2,8,11). The highest BCUT2D eigenvalue weighted by atomic mass is 16.3. The molecule has 0 saturated carbocycles. The van der Waals surface area contributed by atoms with Gasteiger partial charge in [-0.2, -0.15) is 0 Å². The van der Waals surface area contributed by atoms with Gasteiger partial charge >= 0.3 is 6.03 Å². The highest BCUT2D eigenvalue weighted by molar-refractivity contribution is 5.72. The number of carbonyl (C=O) groups excluding carboxylic acids is 1. The van der Waals surface area contributed by atoms with Crippen molar-refractivity contribution in [2.45, 2.75) is 25.8 Å². The molecule has 66 valence electrons. The van der Waals surface area contributed by atoms with E-state index in [1.807, 2.05) is 13.8 Å². The van der Waals surface area contributed by atoms with Gasteiger partial charge in [-0.1, -0.05) is 0 Å². The van der Waals surface area contributed by atoms with Crippen LogP contribution in [0.3, 0.4) is 0 Å². The lowest BCUT2D eigenvalue weighted by atomic mass is 10.00. The maximum atomic E-state index is 10.7. The summed E-state index contributed by atoms with van der Waals surface area (Å²) in [4.78, 5) is 12.1. The fourth-order valence-corrected chi connectivity index (χ4v) is 0.740. The highest BCUT2D eigenvalue weighted by Gasteiger charge is 2.24. The number of nitrogens with two attached hydrogens (primary N) is 1. The summed E-state index contributed by atoms with van der Waals surface area (Å²) in [7, 11) is 1.62. The average Bonchev–Trinajstić information content (AvgIpc) is 1.86. The summed E-state index contributed by atoms with van der Waals surface area (Å²) in [5.74, 6) is 0. The molecule has 0 rings (SSSR count). The van der Waals surface area contributed by atoms with E-state index in [4.69, 9.17) is 10.8 Å². The minimum absolute atomic E-state index is 0.0601. The summed E-state index contributed by atoms with van der Waals surface area (Å²) in [6.45, 7) is 3.77. The molecule has 0 aliphatic heterocycles. The first-order valence-corrected chi connectivity index (χ1v) is 3.56. The zero-order valence-corrected chi connectivity index (χ0v) is 7.29. The molecule has 0 aromatic heterocycles. The Labute approximate surface area is 67.0 Å². The first kappa shape index (κ1) is 10.2. The van der Waals surface area contributed by atoms with Crippen LogP contribution in [0, 0.1) is 0 Å². The molecule has 2 amide bonds. The lowest BCUT2D eigenvalue weighted by Crippen LogP contribution is -2.48. The van der Waals surface area contributed by atoms with E-state index in [2.05, 4.69) is 0 Å². The maximum Gasteiger partial charge on any atom is 0.314 e. The molecule has 0 saturated heterocycles. The van der Waals surface area contributed by atoms with Crippen molar-refractivity contribution in [3.8, 4) is 0 Å². The van der Waals surface area contributed by atoms with Gasteiger partial charge in [0.05, 0.1) is 0 Å². The minimum Gasteiger partial charge on any atom is -0.396 e. The zero-order chi connectivity index (χ0) is 9.07. The molecule has 0 heterocycles. The third-order valence-electron chi connectivity index (χ3n) is 1.96. The van der Waals surface area contributed by atoms with E-state index in [1.165, 1.54) is 4.90 Å². The number of hydrogen-bond acceptors (Lipinski definition) is 2. The molecule has 0 bridgehead atoms. The van der Waals surface area contributed by atoms with Crippen molar-refractivity contribution in [1.82, 2.24) is 4.90 Å². The van der Waals surface area contributed by atoms with E-state index in [9.17, 15) is 4.79 Å². The fourth-order valence-electron chi connectivity index (χ4n) is 0.740. The molecule has 11 heavy (non-hydrogen) atoms. The van der Waals surface area contributed by atoms with Crippen LogP contribution >= 0.6 is 0 Å². The van der Waals surface area contributed by atoms with Crippen LogP contribution in [-0.2, 0) is 0 Å². The molecule has 0 aromatic rings. The summed E-state index contributed by atoms with van der Waals surface area (Å²) in [5, 5.41) is 8.65. The van der Waals surface area contributed by atoms with Crippen LogP contribution in [0.25, 0.3) is 0 Å². The molecular weight excluding hydrogens is 144 g/mol. The molecule has 0 spiro atoms. The van der Waals surface area contributed by atoms with Gasteiger partial charge in [-0.05, 0) is 20.3 Å². The molecule has 0 fully saturated rings. The Morgan fingerprint density at radius 1 is 1.64 bits per heavy atom. The summed E-state index contributed by atoms with van der Waals surface area (Å²) in [5.41, 5.74) is 4.70. The number of urea groups is 1. The van der Waals surface area contributed by atoms with E-state index >= 15 is 0 Å². The number of hydrogen-bond donors (Lipinski definition) is 2. The smallest absolute Gasteiger partial charge is 0.314 e. The van der Waals surface area contributed by atoms with E-state index in [0.717, 1.165) is 0 Å². The van der Waals surface area contributed by atoms with Crippen LogP contribution in [0.5, 0.6) is 0 Å². The van der Waals surface area contributed by atoms with Gasteiger partial charge in [0.1, 0.15) is 0 Å². The second-order valence-corrected chi connectivity index (χ2v) is 3.18. The first-order chi connectivity index (χ1) is 4.91. The third-order valence-corrected chi connectivity index (χ3v) is 1.96. The Morgan fingerprint density at radius 3 is 2.36 bits per heavy atom. The predicted molar refractivity (Wildman–Crippen MR) is 43.1 cm³/mol. The number of rotatable bonds is 3. The Morgan fingerprint density at radius 2 is 2.09 bits per heavy atom. The van der Waals surface area contributed by atoms with Gasteiger partial charge in [-0.25, -0.2) is 4.79 Å². The molecular formula is C7H16N2O2. The van der Waals surface area contributed by atoms with Crippen molar-refractivity contribution in [3.63, 3.8) is 0 Å². The Hall–Kier alpha value is -0.770. The highest BCUT2D eigenvalue weighted by Crippen LogP contribution is 2.15. The minimum atomic E-state index is -0.469. The topological polar surface area (TPSA) is 66.6 Å². The van der Waals surface area contributed by atoms with Crippen molar-refractivity contribution in [2.24, 2.45) is 5.73 Å². The van der Waals surface area contributed by atoms with Crippen LogP contribution in [0.4, 0.5) is 4.79 Å². The number of primary amides is 1. The quantitative estimate of drug-likeness (QED) is 0.617. The lowest BCUT2D eigenvalue weighted by molar-refractivity contribution is 0.135. The molecule has 4 heteroatoms. The zero-order valence-electron chi connectivity index (χ0n) is 7.29. The number of amides is 2. The van der Waals surface area contributed by atoms with Crippen LogP contribution in [0.1, 0.15) is 20.3 Å². The first-order valence-electron chi connectivity index (χ1n) is 3.56. The van der Waals surface area contributed by atoms with E-state index in [1.54, 1.807) is 7.05 Å². The van der Waals surface area contributed by atoms with Gasteiger partial charge in [-0.3, -0.25) is 0 Å². The van der Waals surface area contributed by atoms with Crippen molar-refractivity contribution < 1.29 is 9.90 Å². The Kier molecular flexibility index (Phi) is 3.32. The number of nitrogens with zero attached hydrogens (tertiary/aromatic N) is 1. The van der Waals surface area contributed by atoms with Crippen LogP contribution < -0.4 is 5.73 Å². The van der Waals surface area contributed by atoms with Crippen LogP contribution in [0.15, 0.2) is 0 Å². The van der Waals surface area contributed by atoms with Crippen LogP contribution in [-0.4, -0.2) is 35.2 Å². The normalized spacial score (nSPS) is 11.3. The molecule has 0 aliphatic rings. The fraction of sp³-hybridized carbons (Fsp3) is 0.857. The summed E-state index contributed by atoms with van der Waals surface area (Å²) >= 11 is 0. The molecule has 3 N–H and O–H groups in total. The van der Waals surface area contributed by atoms with Gasteiger partial charge in [0.25, 0.3) is 0 Å². The lowest BCUT2D eigenvalue weighted by Gasteiger charge is -2.33. The average molecular weight is 160 g/mol. The largest absolute Gasteiger partial charge is 0.396 e. The van der Waals surface area contributed by atoms with Crippen molar-refractivity contribution in [1.29, 1.82) is 0 Å². The van der Waals surface area contributed by atoms with E-state index < -0.39 is 6.03 Å². The molecule has 4 nitrogen and oxygen atoms in total. The van der Waals surface area contributed by atoms with Crippen molar-refractivity contribution in [3.05, 3.63) is 0 Å². The molecule has 0 aromatic carbocycles. The van der Waals surface area contributed by atoms with Crippen molar-refractivity contribution >= 4 is 6.03 Å². The molecule has 0 unspecified atom stereocenters. The molecule has 0 aliphatic carbocycles. The van der Waals surface area contributed by atoms with Gasteiger partial charge in [0, 0.05) is 19.2 Å². The van der Waals surface area contributed by atoms with E-state index in [-0.39, 0.29) is 12.1 Å². The molecule has 0 radical (unpaired) electrons. The summed E-state index contributed by atoms with van der Waals surface area (Å²) in [6.07, 6.45) is 0.534. The Bertz CT molecular complexity index is 145. The van der Waals surface area contributed by atoms with Crippen LogP contribution in [0.2, 0.25) is 0 Å². The number of aliphatic hydroxyl groups excluding tert-OH is 1. The maximum absolute atomic E-state index is 10.7. The monoisotopic (exact) mass is 160 g/mol. The number of aliphatic hydroxyl groups is 1. The predicted octanol–water partition coefficient (Wildman–Crippen LogP) is 0.158. The Balaban J connectivity index is 4.16. The van der Waals surface area contributed by atoms with Crippen molar-refractivity contribution in [2.75, 3.05) is 13.7 Å². The van der Waals surface area contributed by atoms with Gasteiger partial charge in [-0.15, -0.1) is 0 Å². The van der Waals surface area contributed by atoms with Gasteiger partial charge in [0.15, 0.2) is 0 Å². The SMILES string of the molecule is CN(C(N)=O)C(C)(C)CCO. The van der Waals surface area contributed by atoms with Gasteiger partial charge < -0.3 is 15.7 Å². The second kappa shape index (κ2) is 3.57.